The highest BCUT2D eigenvalue weighted by atomic mass is 16.5. The number of benzene rings is 1. The molecular weight excluding hydrogens is 236 g/mol. The van der Waals surface area contributed by atoms with Gasteiger partial charge in [-0.2, -0.15) is 0 Å². The molecule has 1 fully saturated rings. The Morgan fingerprint density at radius 2 is 2.21 bits per heavy atom. The highest BCUT2D eigenvalue weighted by molar-refractivity contribution is 5.23. The number of hydrogen-bond donors (Lipinski definition) is 1. The van der Waals surface area contributed by atoms with Crippen molar-refractivity contribution in [2.45, 2.75) is 45.4 Å². The van der Waals surface area contributed by atoms with E-state index in [1.165, 1.54) is 30.5 Å². The molecule has 1 heterocycles. The fourth-order valence-corrected chi connectivity index (χ4v) is 2.69. The van der Waals surface area contributed by atoms with Gasteiger partial charge in [0.1, 0.15) is 0 Å². The van der Waals surface area contributed by atoms with E-state index in [2.05, 4.69) is 36.1 Å². The molecule has 3 heteroatoms. The molecule has 1 saturated heterocycles. The lowest BCUT2D eigenvalue weighted by Crippen LogP contribution is -2.39. The molecule has 1 atom stereocenters. The van der Waals surface area contributed by atoms with E-state index in [9.17, 15) is 0 Å². The lowest BCUT2D eigenvalue weighted by Gasteiger charge is -2.32. The summed E-state index contributed by atoms with van der Waals surface area (Å²) in [6.45, 7) is 6.93. The second kappa shape index (κ2) is 7.63. The number of piperidine rings is 1. The van der Waals surface area contributed by atoms with Gasteiger partial charge in [-0.15, -0.1) is 0 Å². The Labute approximate surface area is 116 Å². The fourth-order valence-electron chi connectivity index (χ4n) is 2.69. The van der Waals surface area contributed by atoms with Gasteiger partial charge < -0.3 is 10.5 Å². The number of rotatable bonds is 6. The molecule has 19 heavy (non-hydrogen) atoms. The number of nitrogens with two attached hydrogens (primary N) is 1. The van der Waals surface area contributed by atoms with Gasteiger partial charge >= 0.3 is 0 Å². The minimum absolute atomic E-state index is 0.423. The zero-order chi connectivity index (χ0) is 13.5. The van der Waals surface area contributed by atoms with Crippen molar-refractivity contribution in [3.05, 3.63) is 35.4 Å². The fraction of sp³-hybridized carbons (Fsp3) is 0.625. The summed E-state index contributed by atoms with van der Waals surface area (Å²) < 4.78 is 5.88. The predicted octanol–water partition coefficient (Wildman–Crippen LogP) is 2.54. The maximum absolute atomic E-state index is 5.88. The van der Waals surface area contributed by atoms with E-state index in [1.54, 1.807) is 0 Å². The highest BCUT2D eigenvalue weighted by Gasteiger charge is 2.20. The molecule has 1 aliphatic rings. The molecule has 0 radical (unpaired) electrons. The lowest BCUT2D eigenvalue weighted by molar-refractivity contribution is -0.00223. The molecule has 0 saturated carbocycles. The molecule has 1 aromatic rings. The normalized spacial score (nSPS) is 20.6. The first kappa shape index (κ1) is 14.5. The maximum atomic E-state index is 5.88. The SMILES string of the molecule is CCCOC1CCCN(Cc2cccc(CN)c2)C1. The first-order valence-electron chi connectivity index (χ1n) is 7.43. The van der Waals surface area contributed by atoms with Crippen LogP contribution in [0.5, 0.6) is 0 Å². The van der Waals surface area contributed by atoms with E-state index in [1.807, 2.05) is 0 Å². The molecule has 0 spiro atoms. The molecule has 0 bridgehead atoms. The summed E-state index contributed by atoms with van der Waals surface area (Å²) in [4.78, 5) is 2.50. The minimum atomic E-state index is 0.423. The van der Waals surface area contributed by atoms with Crippen molar-refractivity contribution < 1.29 is 4.74 Å². The van der Waals surface area contributed by atoms with E-state index in [0.717, 1.165) is 26.1 Å². The van der Waals surface area contributed by atoms with Gasteiger partial charge in [-0.25, -0.2) is 0 Å². The number of hydrogen-bond acceptors (Lipinski definition) is 3. The third-order valence-electron chi connectivity index (χ3n) is 3.65. The van der Waals surface area contributed by atoms with Crippen molar-refractivity contribution in [3.63, 3.8) is 0 Å². The van der Waals surface area contributed by atoms with Crippen LogP contribution in [-0.2, 0) is 17.8 Å². The van der Waals surface area contributed by atoms with Gasteiger partial charge in [-0.05, 0) is 36.9 Å². The van der Waals surface area contributed by atoms with Crippen LogP contribution in [0.2, 0.25) is 0 Å². The van der Waals surface area contributed by atoms with Crippen molar-refractivity contribution >= 4 is 0 Å². The van der Waals surface area contributed by atoms with E-state index < -0.39 is 0 Å². The molecule has 0 amide bonds. The Morgan fingerprint density at radius 1 is 1.37 bits per heavy atom. The van der Waals surface area contributed by atoms with E-state index in [0.29, 0.717) is 12.6 Å². The summed E-state index contributed by atoms with van der Waals surface area (Å²) in [6, 6.07) is 8.60. The van der Waals surface area contributed by atoms with Crippen LogP contribution in [0.3, 0.4) is 0 Å². The van der Waals surface area contributed by atoms with Crippen LogP contribution >= 0.6 is 0 Å². The van der Waals surface area contributed by atoms with Crippen molar-refractivity contribution in [3.8, 4) is 0 Å². The zero-order valence-electron chi connectivity index (χ0n) is 12.0. The second-order valence-corrected chi connectivity index (χ2v) is 5.39. The van der Waals surface area contributed by atoms with Crippen LogP contribution in [0.4, 0.5) is 0 Å². The third kappa shape index (κ3) is 4.60. The van der Waals surface area contributed by atoms with Crippen molar-refractivity contribution in [1.29, 1.82) is 0 Å². The topological polar surface area (TPSA) is 38.5 Å². The predicted molar refractivity (Wildman–Crippen MR) is 78.9 cm³/mol. The molecule has 106 valence electrons. The Morgan fingerprint density at radius 3 is 3.00 bits per heavy atom. The molecular formula is C16H26N2O. The summed E-state index contributed by atoms with van der Waals surface area (Å²) in [7, 11) is 0. The molecule has 1 unspecified atom stereocenters. The van der Waals surface area contributed by atoms with Crippen molar-refractivity contribution in [2.24, 2.45) is 5.73 Å². The molecule has 1 aromatic carbocycles. The second-order valence-electron chi connectivity index (χ2n) is 5.39. The maximum Gasteiger partial charge on any atom is 0.0702 e. The first-order valence-corrected chi connectivity index (χ1v) is 7.43. The number of ether oxygens (including phenoxy) is 1. The van der Waals surface area contributed by atoms with Gasteiger partial charge in [0.15, 0.2) is 0 Å². The van der Waals surface area contributed by atoms with Crippen molar-refractivity contribution in [2.75, 3.05) is 19.7 Å². The Bertz CT molecular complexity index is 381. The van der Waals surface area contributed by atoms with Crippen LogP contribution in [0.1, 0.15) is 37.3 Å². The minimum Gasteiger partial charge on any atom is -0.377 e. The molecule has 3 nitrogen and oxygen atoms in total. The average Bonchev–Trinajstić information content (AvgIpc) is 2.46. The standard InChI is InChI=1S/C16H26N2O/c1-2-9-19-16-7-4-8-18(13-16)12-15-6-3-5-14(10-15)11-17/h3,5-6,10,16H,2,4,7-9,11-13,17H2,1H3. The smallest absolute Gasteiger partial charge is 0.0702 e. The van der Waals surface area contributed by atoms with Gasteiger partial charge in [0, 0.05) is 26.2 Å². The van der Waals surface area contributed by atoms with Crippen molar-refractivity contribution in [1.82, 2.24) is 4.90 Å². The number of nitrogens with zero attached hydrogens (tertiary/aromatic N) is 1. The summed E-state index contributed by atoms with van der Waals surface area (Å²) in [5, 5.41) is 0. The monoisotopic (exact) mass is 262 g/mol. The summed E-state index contributed by atoms with van der Waals surface area (Å²) >= 11 is 0. The van der Waals surface area contributed by atoms with Crippen LogP contribution in [0.15, 0.2) is 24.3 Å². The van der Waals surface area contributed by atoms with Crippen LogP contribution < -0.4 is 5.73 Å². The Hall–Kier alpha value is -0.900. The van der Waals surface area contributed by atoms with Crippen LogP contribution in [-0.4, -0.2) is 30.7 Å². The van der Waals surface area contributed by atoms with Gasteiger partial charge in [0.25, 0.3) is 0 Å². The van der Waals surface area contributed by atoms with E-state index in [4.69, 9.17) is 10.5 Å². The largest absolute Gasteiger partial charge is 0.377 e. The molecule has 2 rings (SSSR count). The summed E-state index contributed by atoms with van der Waals surface area (Å²) in [5.74, 6) is 0. The molecule has 2 N–H and O–H groups in total. The Kier molecular flexibility index (Phi) is 5.83. The van der Waals surface area contributed by atoms with E-state index >= 15 is 0 Å². The summed E-state index contributed by atoms with van der Waals surface area (Å²) in [6.07, 6.45) is 3.98. The zero-order valence-corrected chi connectivity index (χ0v) is 12.0. The number of likely N-dealkylation sites (tertiary alicyclic amines) is 1. The summed E-state index contributed by atoms with van der Waals surface area (Å²) in [5.41, 5.74) is 8.27. The van der Waals surface area contributed by atoms with Gasteiger partial charge in [-0.1, -0.05) is 31.2 Å². The first-order chi connectivity index (χ1) is 9.31. The third-order valence-corrected chi connectivity index (χ3v) is 3.65. The van der Waals surface area contributed by atoms with Gasteiger partial charge in [0.2, 0.25) is 0 Å². The lowest BCUT2D eigenvalue weighted by atomic mass is 10.1. The Balaban J connectivity index is 1.87. The van der Waals surface area contributed by atoms with Crippen LogP contribution in [0.25, 0.3) is 0 Å². The van der Waals surface area contributed by atoms with E-state index in [-0.39, 0.29) is 0 Å². The molecule has 0 aliphatic carbocycles. The molecule has 1 aliphatic heterocycles. The quantitative estimate of drug-likeness (QED) is 0.856. The van der Waals surface area contributed by atoms with Gasteiger partial charge in [0.05, 0.1) is 6.10 Å². The molecule has 0 aromatic heterocycles. The average molecular weight is 262 g/mol. The van der Waals surface area contributed by atoms with Gasteiger partial charge in [-0.3, -0.25) is 4.90 Å². The highest BCUT2D eigenvalue weighted by Crippen LogP contribution is 2.16. The van der Waals surface area contributed by atoms with Crippen LogP contribution in [0, 0.1) is 0 Å².